The average molecular weight is 253 g/mol. The van der Waals surface area contributed by atoms with Crippen LogP contribution in [0.3, 0.4) is 0 Å². The Bertz CT molecular complexity index is 311. The fourth-order valence-corrected chi connectivity index (χ4v) is 4.25. The van der Waals surface area contributed by atoms with Gasteiger partial charge in [0.1, 0.15) is 0 Å². The lowest BCUT2D eigenvalue weighted by Gasteiger charge is -2.32. The molecule has 1 saturated carbocycles. The second-order valence-corrected chi connectivity index (χ2v) is 6.75. The lowest BCUT2D eigenvalue weighted by atomic mass is 10.00. The third kappa shape index (κ3) is 2.20. The maximum atomic E-state index is 9.39. The van der Waals surface area contributed by atoms with Crippen LogP contribution < -0.4 is 5.73 Å². The monoisotopic (exact) mass is 253 g/mol. The molecular weight excluding hydrogens is 226 g/mol. The molecule has 4 heteroatoms. The van der Waals surface area contributed by atoms with E-state index in [0.29, 0.717) is 6.04 Å². The number of likely N-dealkylation sites (N-methyl/N-ethyl adjacent to an activating group) is 1. The number of nitrogens with two attached hydrogens (primary N) is 1. The Kier molecular flexibility index (Phi) is 3.39. The fraction of sp³-hybridized carbons (Fsp3) is 1.00. The van der Waals surface area contributed by atoms with Crippen LogP contribution in [0.2, 0.25) is 0 Å². The summed E-state index contributed by atoms with van der Waals surface area (Å²) in [5.41, 5.74) is 5.91. The van der Waals surface area contributed by atoms with E-state index >= 15 is 0 Å². The van der Waals surface area contributed by atoms with Crippen LogP contribution in [0.1, 0.15) is 38.5 Å². The summed E-state index contributed by atoms with van der Waals surface area (Å²) >= 11 is 0. The van der Waals surface area contributed by atoms with Gasteiger partial charge >= 0.3 is 0 Å². The van der Waals surface area contributed by atoms with Crippen molar-refractivity contribution in [3.63, 3.8) is 0 Å². The standard InChI is InChI=1S/C14H27N3O/c1-16-11-2-3-13(16)9-17(7-5-11)12-4-6-14(15,8-12)10-18/h11-13,18H,2-10,15H2,1H3. The number of nitrogens with zero attached hydrogens (tertiary/aromatic N) is 2. The predicted molar refractivity (Wildman–Crippen MR) is 72.4 cm³/mol. The number of hydrogen-bond donors (Lipinski definition) is 2. The number of likely N-dealkylation sites (tertiary alicyclic amines) is 1. The van der Waals surface area contributed by atoms with Gasteiger partial charge in [0.25, 0.3) is 0 Å². The van der Waals surface area contributed by atoms with Gasteiger partial charge in [-0.15, -0.1) is 0 Å². The van der Waals surface area contributed by atoms with E-state index in [2.05, 4.69) is 16.8 Å². The summed E-state index contributed by atoms with van der Waals surface area (Å²) < 4.78 is 0. The number of aliphatic hydroxyl groups excluding tert-OH is 1. The van der Waals surface area contributed by atoms with Gasteiger partial charge in [0.15, 0.2) is 0 Å². The molecule has 0 radical (unpaired) electrons. The molecule has 0 amide bonds. The molecule has 4 unspecified atom stereocenters. The summed E-state index contributed by atoms with van der Waals surface area (Å²) in [4.78, 5) is 5.25. The summed E-state index contributed by atoms with van der Waals surface area (Å²) in [6.07, 6.45) is 7.17. The van der Waals surface area contributed by atoms with Gasteiger partial charge in [-0.25, -0.2) is 0 Å². The molecule has 1 aliphatic carbocycles. The van der Waals surface area contributed by atoms with Crippen molar-refractivity contribution in [2.45, 2.75) is 62.2 Å². The van der Waals surface area contributed by atoms with Crippen molar-refractivity contribution in [2.75, 3.05) is 26.7 Å². The van der Waals surface area contributed by atoms with Crippen molar-refractivity contribution in [1.29, 1.82) is 0 Å². The van der Waals surface area contributed by atoms with Crippen molar-refractivity contribution in [3.05, 3.63) is 0 Å². The van der Waals surface area contributed by atoms with E-state index in [1.54, 1.807) is 0 Å². The van der Waals surface area contributed by atoms with Crippen LogP contribution >= 0.6 is 0 Å². The SMILES string of the molecule is CN1C2CCC1CN(C1CCC(N)(CO)C1)CC2. The molecule has 0 spiro atoms. The third-order valence-corrected chi connectivity index (χ3v) is 5.63. The van der Waals surface area contributed by atoms with E-state index in [9.17, 15) is 5.11 Å². The zero-order valence-electron chi connectivity index (χ0n) is 11.5. The Balaban J connectivity index is 1.64. The predicted octanol–water partition coefficient (Wildman–Crippen LogP) is 0.397. The molecule has 3 rings (SSSR count). The van der Waals surface area contributed by atoms with Gasteiger partial charge in [0.05, 0.1) is 6.61 Å². The second-order valence-electron chi connectivity index (χ2n) is 6.75. The molecule has 4 atom stereocenters. The van der Waals surface area contributed by atoms with E-state index < -0.39 is 0 Å². The zero-order chi connectivity index (χ0) is 12.8. The van der Waals surface area contributed by atoms with Crippen LogP contribution in [0, 0.1) is 0 Å². The number of aliphatic hydroxyl groups is 1. The summed E-state index contributed by atoms with van der Waals surface area (Å²) in [7, 11) is 2.29. The van der Waals surface area contributed by atoms with Gasteiger partial charge in [-0.05, 0) is 52.1 Å². The van der Waals surface area contributed by atoms with Crippen LogP contribution in [0.4, 0.5) is 0 Å². The van der Waals surface area contributed by atoms with Gasteiger partial charge in [-0.2, -0.15) is 0 Å². The van der Waals surface area contributed by atoms with Crippen molar-refractivity contribution in [1.82, 2.24) is 9.80 Å². The van der Waals surface area contributed by atoms with Crippen LogP contribution in [0.25, 0.3) is 0 Å². The quantitative estimate of drug-likeness (QED) is 0.748. The Morgan fingerprint density at radius 1 is 1.17 bits per heavy atom. The maximum absolute atomic E-state index is 9.39. The Hall–Kier alpha value is -0.160. The Morgan fingerprint density at radius 3 is 2.67 bits per heavy atom. The molecule has 104 valence electrons. The van der Waals surface area contributed by atoms with Crippen molar-refractivity contribution in [2.24, 2.45) is 5.73 Å². The molecule has 2 heterocycles. The molecule has 3 aliphatic rings. The highest BCUT2D eigenvalue weighted by molar-refractivity contribution is 5.00. The Morgan fingerprint density at radius 2 is 1.94 bits per heavy atom. The molecule has 3 N–H and O–H groups in total. The molecule has 0 aromatic heterocycles. The molecule has 3 fully saturated rings. The topological polar surface area (TPSA) is 52.7 Å². The van der Waals surface area contributed by atoms with Crippen LogP contribution in [-0.2, 0) is 0 Å². The normalized spacial score (nSPS) is 46.5. The first-order chi connectivity index (χ1) is 8.61. The van der Waals surface area contributed by atoms with Gasteiger partial charge < -0.3 is 10.8 Å². The first kappa shape index (κ1) is 12.9. The number of hydrogen-bond acceptors (Lipinski definition) is 4. The van der Waals surface area contributed by atoms with Gasteiger partial charge in [0.2, 0.25) is 0 Å². The van der Waals surface area contributed by atoms with Gasteiger partial charge in [0, 0.05) is 30.2 Å². The molecular formula is C14H27N3O. The third-order valence-electron chi connectivity index (χ3n) is 5.63. The minimum atomic E-state index is -0.304. The summed E-state index contributed by atoms with van der Waals surface area (Å²) in [6.45, 7) is 2.57. The molecule has 2 bridgehead atoms. The largest absolute Gasteiger partial charge is 0.394 e. The maximum Gasteiger partial charge on any atom is 0.0611 e. The summed E-state index contributed by atoms with van der Waals surface area (Å²) in [5, 5.41) is 9.39. The highest BCUT2D eigenvalue weighted by Gasteiger charge is 2.41. The average Bonchev–Trinajstić information content (AvgIpc) is 2.83. The van der Waals surface area contributed by atoms with Crippen LogP contribution in [0.5, 0.6) is 0 Å². The van der Waals surface area contributed by atoms with E-state index in [4.69, 9.17) is 5.73 Å². The molecule has 0 aromatic rings. The molecule has 4 nitrogen and oxygen atoms in total. The van der Waals surface area contributed by atoms with E-state index in [-0.39, 0.29) is 12.1 Å². The minimum absolute atomic E-state index is 0.142. The smallest absolute Gasteiger partial charge is 0.0611 e. The highest BCUT2D eigenvalue weighted by atomic mass is 16.3. The summed E-state index contributed by atoms with van der Waals surface area (Å²) in [5.74, 6) is 0. The number of rotatable bonds is 2. The lowest BCUT2D eigenvalue weighted by Crippen LogP contribution is -2.45. The van der Waals surface area contributed by atoms with Crippen molar-refractivity contribution < 1.29 is 5.11 Å². The lowest BCUT2D eigenvalue weighted by molar-refractivity contribution is 0.153. The molecule has 18 heavy (non-hydrogen) atoms. The van der Waals surface area contributed by atoms with Crippen LogP contribution in [-0.4, -0.2) is 65.3 Å². The first-order valence-electron chi connectivity index (χ1n) is 7.47. The fourth-order valence-electron chi connectivity index (χ4n) is 4.25. The Labute approximate surface area is 110 Å². The van der Waals surface area contributed by atoms with Gasteiger partial charge in [-0.1, -0.05) is 0 Å². The first-order valence-corrected chi connectivity index (χ1v) is 7.47. The second kappa shape index (κ2) is 4.75. The molecule has 2 aliphatic heterocycles. The zero-order valence-corrected chi connectivity index (χ0v) is 11.5. The van der Waals surface area contributed by atoms with E-state index in [0.717, 1.165) is 31.3 Å². The van der Waals surface area contributed by atoms with Crippen molar-refractivity contribution >= 4 is 0 Å². The summed E-state index contributed by atoms with van der Waals surface area (Å²) in [6, 6.07) is 2.16. The minimum Gasteiger partial charge on any atom is -0.394 e. The van der Waals surface area contributed by atoms with E-state index in [1.165, 1.54) is 32.4 Å². The molecule has 0 aromatic carbocycles. The van der Waals surface area contributed by atoms with E-state index in [1.807, 2.05) is 0 Å². The van der Waals surface area contributed by atoms with Crippen molar-refractivity contribution in [3.8, 4) is 0 Å². The number of fused-ring (bicyclic) bond motifs is 2. The highest BCUT2D eigenvalue weighted by Crippen LogP contribution is 2.35. The van der Waals surface area contributed by atoms with Crippen LogP contribution in [0.15, 0.2) is 0 Å². The molecule has 2 saturated heterocycles. The van der Waals surface area contributed by atoms with Gasteiger partial charge in [-0.3, -0.25) is 9.80 Å².